The maximum atomic E-state index is 9.52. The van der Waals surface area contributed by atoms with E-state index in [9.17, 15) is 20.4 Å². The molecule has 1 aliphatic rings. The molecule has 1 saturated heterocycles. The second-order valence-corrected chi connectivity index (χ2v) is 3.66. The molecule has 1 heterocycles. The number of β-amino-alcohol motifs (C(OH)–C–C–N with tert-alkyl or cyclic N) is 1. The lowest BCUT2D eigenvalue weighted by Gasteiger charge is -2.44. The lowest BCUT2D eigenvalue weighted by molar-refractivity contribution is -0.186. The normalized spacial score (nSPS) is 40.4. The molecule has 1 unspecified atom stereocenters. The topological polar surface area (TPSA) is 125 Å². The highest BCUT2D eigenvalue weighted by Crippen LogP contribution is 2.20. The van der Waals surface area contributed by atoms with Crippen LogP contribution in [0.1, 0.15) is 0 Å². The molecule has 0 bridgehead atoms. The molecule has 90 valence electrons. The van der Waals surface area contributed by atoms with Crippen LogP contribution in [0.25, 0.3) is 0 Å². The largest absolute Gasteiger partial charge is 0.395 e. The minimum atomic E-state index is -1.36. The van der Waals surface area contributed by atoms with E-state index in [1.807, 2.05) is 0 Å². The molecular weight excluding hydrogens is 206 g/mol. The molecule has 0 aromatic carbocycles. The summed E-state index contributed by atoms with van der Waals surface area (Å²) in [6, 6.07) is -0.898. The SMILES string of the molecule is OCC(O)N1C[C@H](O)[C@@H](O)[C@H](O)[C@H]1CO. The molecule has 15 heavy (non-hydrogen) atoms. The van der Waals surface area contributed by atoms with Gasteiger partial charge in [0.15, 0.2) is 0 Å². The molecule has 6 N–H and O–H groups in total. The Hall–Kier alpha value is -0.280. The summed E-state index contributed by atoms with van der Waals surface area (Å²) in [7, 11) is 0. The predicted octanol–water partition coefficient (Wildman–Crippen LogP) is -3.94. The van der Waals surface area contributed by atoms with Crippen LogP contribution in [0.3, 0.4) is 0 Å². The van der Waals surface area contributed by atoms with Gasteiger partial charge in [-0.05, 0) is 0 Å². The summed E-state index contributed by atoms with van der Waals surface area (Å²) in [6.45, 7) is -1.18. The van der Waals surface area contributed by atoms with E-state index < -0.39 is 43.8 Å². The van der Waals surface area contributed by atoms with Crippen molar-refractivity contribution >= 4 is 0 Å². The first-order chi connectivity index (χ1) is 7.02. The van der Waals surface area contributed by atoms with Crippen LogP contribution in [0.2, 0.25) is 0 Å². The van der Waals surface area contributed by atoms with E-state index in [0.29, 0.717) is 0 Å². The Morgan fingerprint density at radius 2 is 1.73 bits per heavy atom. The summed E-state index contributed by atoms with van der Waals surface area (Å²) in [5, 5.41) is 55.3. The Labute approximate surface area is 86.8 Å². The molecule has 7 nitrogen and oxygen atoms in total. The molecule has 0 amide bonds. The van der Waals surface area contributed by atoms with Crippen molar-refractivity contribution in [3.05, 3.63) is 0 Å². The van der Waals surface area contributed by atoms with Gasteiger partial charge in [0.1, 0.15) is 18.4 Å². The summed E-state index contributed by atoms with van der Waals surface area (Å²) >= 11 is 0. The van der Waals surface area contributed by atoms with Crippen molar-refractivity contribution in [1.29, 1.82) is 0 Å². The zero-order valence-electron chi connectivity index (χ0n) is 8.14. The molecule has 7 heteroatoms. The highest BCUT2D eigenvalue weighted by Gasteiger charge is 2.43. The van der Waals surface area contributed by atoms with E-state index in [2.05, 4.69) is 0 Å². The van der Waals surface area contributed by atoms with Crippen molar-refractivity contribution in [3.63, 3.8) is 0 Å². The van der Waals surface area contributed by atoms with Gasteiger partial charge in [-0.3, -0.25) is 4.90 Å². The maximum Gasteiger partial charge on any atom is 0.131 e. The Bertz CT molecular complexity index is 204. The van der Waals surface area contributed by atoms with Crippen LogP contribution in [0.5, 0.6) is 0 Å². The average Bonchev–Trinajstić information content (AvgIpc) is 2.24. The first kappa shape index (κ1) is 12.8. The fourth-order valence-electron chi connectivity index (χ4n) is 1.77. The Morgan fingerprint density at radius 1 is 1.13 bits per heavy atom. The van der Waals surface area contributed by atoms with Crippen LogP contribution in [-0.4, -0.2) is 85.9 Å². The highest BCUT2D eigenvalue weighted by atomic mass is 16.4. The molecule has 0 aromatic heterocycles. The fourth-order valence-corrected chi connectivity index (χ4v) is 1.77. The van der Waals surface area contributed by atoms with E-state index in [-0.39, 0.29) is 6.54 Å². The van der Waals surface area contributed by atoms with Gasteiger partial charge in [0.25, 0.3) is 0 Å². The van der Waals surface area contributed by atoms with Gasteiger partial charge < -0.3 is 30.6 Å². The molecule has 0 radical (unpaired) electrons. The summed E-state index contributed by atoms with van der Waals surface area (Å²) < 4.78 is 0. The molecule has 1 aliphatic heterocycles. The number of hydrogen-bond donors (Lipinski definition) is 6. The lowest BCUT2D eigenvalue weighted by atomic mass is 9.94. The molecule has 0 spiro atoms. The summed E-state index contributed by atoms with van der Waals surface area (Å²) in [5.74, 6) is 0. The minimum Gasteiger partial charge on any atom is -0.395 e. The van der Waals surface area contributed by atoms with Crippen molar-refractivity contribution in [3.8, 4) is 0 Å². The number of likely N-dealkylation sites (tertiary alicyclic amines) is 1. The van der Waals surface area contributed by atoms with Crippen LogP contribution in [-0.2, 0) is 0 Å². The summed E-state index contributed by atoms with van der Waals surface area (Å²) in [6.07, 6.45) is -5.22. The average molecular weight is 223 g/mol. The van der Waals surface area contributed by atoms with Crippen molar-refractivity contribution < 1.29 is 30.6 Å². The second kappa shape index (κ2) is 5.17. The number of aliphatic hydroxyl groups excluding tert-OH is 6. The Kier molecular flexibility index (Phi) is 4.41. The molecule has 1 rings (SSSR count). The number of nitrogens with zero attached hydrogens (tertiary/aromatic N) is 1. The third-order valence-corrected chi connectivity index (χ3v) is 2.70. The summed E-state index contributed by atoms with van der Waals surface area (Å²) in [4.78, 5) is 1.15. The van der Waals surface area contributed by atoms with Gasteiger partial charge in [-0.25, -0.2) is 0 Å². The molecule has 5 atom stereocenters. The first-order valence-electron chi connectivity index (χ1n) is 4.72. The second-order valence-electron chi connectivity index (χ2n) is 3.66. The van der Waals surface area contributed by atoms with Crippen LogP contribution < -0.4 is 0 Å². The van der Waals surface area contributed by atoms with Gasteiger partial charge in [-0.15, -0.1) is 0 Å². The fraction of sp³-hybridized carbons (Fsp3) is 1.00. The quantitative estimate of drug-likeness (QED) is 0.288. The zero-order chi connectivity index (χ0) is 11.6. The highest BCUT2D eigenvalue weighted by molar-refractivity contribution is 4.94. The van der Waals surface area contributed by atoms with Crippen molar-refractivity contribution in [2.45, 2.75) is 30.6 Å². The first-order valence-corrected chi connectivity index (χ1v) is 4.72. The van der Waals surface area contributed by atoms with Gasteiger partial charge >= 0.3 is 0 Å². The van der Waals surface area contributed by atoms with Crippen LogP contribution in [0, 0.1) is 0 Å². The Morgan fingerprint density at radius 3 is 2.20 bits per heavy atom. The number of aliphatic hydroxyl groups is 6. The molecule has 0 aliphatic carbocycles. The zero-order valence-corrected chi connectivity index (χ0v) is 8.14. The van der Waals surface area contributed by atoms with Gasteiger partial charge in [0, 0.05) is 6.54 Å². The van der Waals surface area contributed by atoms with Crippen molar-refractivity contribution in [2.24, 2.45) is 0 Å². The summed E-state index contributed by atoms with van der Waals surface area (Å²) in [5.41, 5.74) is 0. The minimum absolute atomic E-state index is 0.120. The van der Waals surface area contributed by atoms with Crippen LogP contribution in [0.15, 0.2) is 0 Å². The van der Waals surface area contributed by atoms with E-state index in [0.717, 1.165) is 4.90 Å². The standard InChI is InChI=1S/C8H17NO6/c10-2-4-7(14)8(15)5(12)1-9(4)6(13)3-11/h4-8,10-15H,1-3H2/t4-,5+,6?,7-,8-/m1/s1. The Balaban J connectivity index is 2.77. The predicted molar refractivity (Wildman–Crippen MR) is 48.7 cm³/mol. The van der Waals surface area contributed by atoms with Gasteiger partial charge in [-0.1, -0.05) is 0 Å². The van der Waals surface area contributed by atoms with Crippen molar-refractivity contribution in [1.82, 2.24) is 4.90 Å². The number of rotatable bonds is 3. The van der Waals surface area contributed by atoms with E-state index >= 15 is 0 Å². The van der Waals surface area contributed by atoms with E-state index in [1.54, 1.807) is 0 Å². The van der Waals surface area contributed by atoms with Crippen LogP contribution >= 0.6 is 0 Å². The smallest absolute Gasteiger partial charge is 0.131 e. The third-order valence-electron chi connectivity index (χ3n) is 2.70. The van der Waals surface area contributed by atoms with E-state index in [1.165, 1.54) is 0 Å². The van der Waals surface area contributed by atoms with Gasteiger partial charge in [-0.2, -0.15) is 0 Å². The molecular formula is C8H17NO6. The molecule has 0 aromatic rings. The van der Waals surface area contributed by atoms with E-state index in [4.69, 9.17) is 10.2 Å². The maximum absolute atomic E-state index is 9.52. The lowest BCUT2D eigenvalue weighted by Crippen LogP contribution is -2.65. The third kappa shape index (κ3) is 2.45. The number of piperidine rings is 1. The van der Waals surface area contributed by atoms with Crippen molar-refractivity contribution in [2.75, 3.05) is 19.8 Å². The number of hydrogen-bond acceptors (Lipinski definition) is 7. The molecule has 1 fully saturated rings. The molecule has 0 saturated carbocycles. The van der Waals surface area contributed by atoms with Gasteiger partial charge in [0.2, 0.25) is 0 Å². The monoisotopic (exact) mass is 223 g/mol. The van der Waals surface area contributed by atoms with Crippen LogP contribution in [0.4, 0.5) is 0 Å². The van der Waals surface area contributed by atoms with Gasteiger partial charge in [0.05, 0.1) is 25.4 Å².